The number of nitrogens with one attached hydrogen (secondary N) is 1. The molecule has 1 aliphatic rings. The van der Waals surface area contributed by atoms with Crippen LogP contribution in [-0.2, 0) is 6.54 Å². The molecule has 2 amide bonds. The SMILES string of the molecule is Cc1cccc(C)c1N1CCN(C(=O)NCc2ccncc2)CC1. The van der Waals surface area contributed by atoms with Crippen molar-refractivity contribution in [2.24, 2.45) is 0 Å². The second kappa shape index (κ2) is 7.34. The second-order valence-electron chi connectivity index (χ2n) is 6.23. The molecule has 0 saturated carbocycles. The van der Waals surface area contributed by atoms with E-state index in [0.717, 1.165) is 31.7 Å². The molecule has 5 heteroatoms. The first-order valence-electron chi connectivity index (χ1n) is 8.38. The highest BCUT2D eigenvalue weighted by molar-refractivity contribution is 5.74. The van der Waals surface area contributed by atoms with Crippen LogP contribution in [0.1, 0.15) is 16.7 Å². The van der Waals surface area contributed by atoms with Gasteiger partial charge in [0, 0.05) is 50.8 Å². The molecule has 126 valence electrons. The van der Waals surface area contributed by atoms with E-state index in [0.29, 0.717) is 6.54 Å². The van der Waals surface area contributed by atoms with Crippen LogP contribution in [-0.4, -0.2) is 42.1 Å². The lowest BCUT2D eigenvalue weighted by Gasteiger charge is -2.37. The van der Waals surface area contributed by atoms with Gasteiger partial charge in [-0.25, -0.2) is 4.79 Å². The molecule has 24 heavy (non-hydrogen) atoms. The van der Waals surface area contributed by atoms with Gasteiger partial charge in [-0.3, -0.25) is 4.98 Å². The van der Waals surface area contributed by atoms with Crippen LogP contribution in [0.25, 0.3) is 0 Å². The second-order valence-corrected chi connectivity index (χ2v) is 6.23. The molecule has 1 fully saturated rings. The van der Waals surface area contributed by atoms with Gasteiger partial charge in [0.1, 0.15) is 0 Å². The van der Waals surface area contributed by atoms with Crippen molar-refractivity contribution in [1.82, 2.24) is 15.2 Å². The van der Waals surface area contributed by atoms with E-state index in [-0.39, 0.29) is 6.03 Å². The fourth-order valence-corrected chi connectivity index (χ4v) is 3.23. The van der Waals surface area contributed by atoms with Crippen molar-refractivity contribution >= 4 is 11.7 Å². The van der Waals surface area contributed by atoms with Gasteiger partial charge >= 0.3 is 6.03 Å². The van der Waals surface area contributed by atoms with E-state index >= 15 is 0 Å². The Morgan fingerprint density at radius 1 is 1.04 bits per heavy atom. The Morgan fingerprint density at radius 2 is 1.67 bits per heavy atom. The fourth-order valence-electron chi connectivity index (χ4n) is 3.23. The number of rotatable bonds is 3. The van der Waals surface area contributed by atoms with E-state index in [1.54, 1.807) is 12.4 Å². The lowest BCUT2D eigenvalue weighted by atomic mass is 10.1. The molecule has 1 aliphatic heterocycles. The van der Waals surface area contributed by atoms with E-state index in [1.807, 2.05) is 17.0 Å². The summed E-state index contributed by atoms with van der Waals surface area (Å²) in [5.41, 5.74) is 4.97. The predicted molar refractivity (Wildman–Crippen MR) is 96.2 cm³/mol. The van der Waals surface area contributed by atoms with Crippen molar-refractivity contribution in [3.8, 4) is 0 Å². The molecule has 0 radical (unpaired) electrons. The Kier molecular flexibility index (Phi) is 4.99. The Morgan fingerprint density at radius 3 is 2.29 bits per heavy atom. The van der Waals surface area contributed by atoms with Crippen molar-refractivity contribution in [2.45, 2.75) is 20.4 Å². The third kappa shape index (κ3) is 3.67. The molecule has 2 heterocycles. The lowest BCUT2D eigenvalue weighted by Crippen LogP contribution is -2.52. The topological polar surface area (TPSA) is 48.5 Å². The molecular formula is C19H24N4O. The average molecular weight is 324 g/mol. The third-order valence-electron chi connectivity index (χ3n) is 4.52. The van der Waals surface area contributed by atoms with E-state index in [1.165, 1.54) is 16.8 Å². The monoisotopic (exact) mass is 324 g/mol. The van der Waals surface area contributed by atoms with Gasteiger partial charge in [0.25, 0.3) is 0 Å². The summed E-state index contributed by atoms with van der Waals surface area (Å²) in [5.74, 6) is 0. The van der Waals surface area contributed by atoms with E-state index in [9.17, 15) is 4.79 Å². The minimum absolute atomic E-state index is 0.00738. The molecule has 1 aromatic carbocycles. The summed E-state index contributed by atoms with van der Waals surface area (Å²) in [4.78, 5) is 20.6. The molecule has 1 N–H and O–H groups in total. The highest BCUT2D eigenvalue weighted by Crippen LogP contribution is 2.25. The number of aryl methyl sites for hydroxylation is 2. The van der Waals surface area contributed by atoms with Crippen molar-refractivity contribution in [3.63, 3.8) is 0 Å². The van der Waals surface area contributed by atoms with Gasteiger partial charge in [0.05, 0.1) is 0 Å². The van der Waals surface area contributed by atoms with Crippen LogP contribution in [0.4, 0.5) is 10.5 Å². The van der Waals surface area contributed by atoms with Crippen molar-refractivity contribution < 1.29 is 4.79 Å². The van der Waals surface area contributed by atoms with Crippen molar-refractivity contribution in [3.05, 3.63) is 59.4 Å². The van der Waals surface area contributed by atoms with Crippen LogP contribution in [0.3, 0.4) is 0 Å². The van der Waals surface area contributed by atoms with Crippen LogP contribution >= 0.6 is 0 Å². The Balaban J connectivity index is 1.54. The normalized spacial score (nSPS) is 14.6. The van der Waals surface area contributed by atoms with Crippen LogP contribution < -0.4 is 10.2 Å². The van der Waals surface area contributed by atoms with Gasteiger partial charge in [0.2, 0.25) is 0 Å². The fraction of sp³-hybridized carbons (Fsp3) is 0.368. The first-order valence-corrected chi connectivity index (χ1v) is 8.38. The molecule has 0 spiro atoms. The summed E-state index contributed by atoms with van der Waals surface area (Å²) in [6.45, 7) is 8.07. The number of carbonyl (C=O) groups excluding carboxylic acids is 1. The number of nitrogens with zero attached hydrogens (tertiary/aromatic N) is 3. The maximum Gasteiger partial charge on any atom is 0.317 e. The summed E-state index contributed by atoms with van der Waals surface area (Å²) in [7, 11) is 0. The Hall–Kier alpha value is -2.56. The number of piperazine rings is 1. The number of pyridine rings is 1. The summed E-state index contributed by atoms with van der Waals surface area (Å²) >= 11 is 0. The summed E-state index contributed by atoms with van der Waals surface area (Å²) in [6, 6.07) is 10.2. The van der Waals surface area contributed by atoms with E-state index < -0.39 is 0 Å². The standard InChI is InChI=1S/C19H24N4O/c1-15-4-3-5-16(2)18(15)22-10-12-23(13-11-22)19(24)21-14-17-6-8-20-9-7-17/h3-9H,10-14H2,1-2H3,(H,21,24). The van der Waals surface area contributed by atoms with Gasteiger partial charge in [-0.1, -0.05) is 18.2 Å². The molecule has 2 aromatic rings. The summed E-state index contributed by atoms with van der Waals surface area (Å²) in [5, 5.41) is 2.99. The number of hydrogen-bond donors (Lipinski definition) is 1. The average Bonchev–Trinajstić information content (AvgIpc) is 2.61. The molecule has 0 atom stereocenters. The smallest absolute Gasteiger partial charge is 0.317 e. The lowest BCUT2D eigenvalue weighted by molar-refractivity contribution is 0.194. The number of hydrogen-bond acceptors (Lipinski definition) is 3. The third-order valence-corrected chi connectivity index (χ3v) is 4.52. The van der Waals surface area contributed by atoms with Crippen LogP contribution in [0.5, 0.6) is 0 Å². The quantitative estimate of drug-likeness (QED) is 0.944. The van der Waals surface area contributed by atoms with Crippen molar-refractivity contribution in [2.75, 3.05) is 31.1 Å². The number of aromatic nitrogens is 1. The van der Waals surface area contributed by atoms with Crippen molar-refractivity contribution in [1.29, 1.82) is 0 Å². The van der Waals surface area contributed by atoms with Gasteiger partial charge in [0.15, 0.2) is 0 Å². The predicted octanol–water partition coefficient (Wildman–Crippen LogP) is 2.73. The molecule has 0 unspecified atom stereocenters. The largest absolute Gasteiger partial charge is 0.368 e. The molecule has 0 aliphatic carbocycles. The first-order chi connectivity index (χ1) is 11.6. The summed E-state index contributed by atoms with van der Waals surface area (Å²) in [6.07, 6.45) is 3.48. The highest BCUT2D eigenvalue weighted by atomic mass is 16.2. The van der Waals surface area contributed by atoms with E-state index in [4.69, 9.17) is 0 Å². The van der Waals surface area contributed by atoms with Gasteiger partial charge in [-0.15, -0.1) is 0 Å². The zero-order valence-corrected chi connectivity index (χ0v) is 14.3. The van der Waals surface area contributed by atoms with E-state index in [2.05, 4.69) is 47.2 Å². The number of para-hydroxylation sites is 1. The number of anilines is 1. The molecule has 1 saturated heterocycles. The van der Waals surface area contributed by atoms with Gasteiger partial charge in [-0.05, 0) is 42.7 Å². The number of carbonyl (C=O) groups is 1. The zero-order valence-electron chi connectivity index (χ0n) is 14.3. The van der Waals surface area contributed by atoms with Crippen LogP contribution in [0.15, 0.2) is 42.7 Å². The number of amides is 2. The molecule has 3 rings (SSSR count). The molecule has 5 nitrogen and oxygen atoms in total. The number of benzene rings is 1. The maximum absolute atomic E-state index is 12.3. The molecular weight excluding hydrogens is 300 g/mol. The molecule has 0 bridgehead atoms. The number of urea groups is 1. The highest BCUT2D eigenvalue weighted by Gasteiger charge is 2.22. The van der Waals surface area contributed by atoms with Gasteiger partial charge < -0.3 is 15.1 Å². The zero-order chi connectivity index (χ0) is 16.9. The molecule has 1 aromatic heterocycles. The Labute approximate surface area is 143 Å². The maximum atomic E-state index is 12.3. The van der Waals surface area contributed by atoms with Crippen LogP contribution in [0, 0.1) is 13.8 Å². The van der Waals surface area contributed by atoms with Gasteiger partial charge in [-0.2, -0.15) is 0 Å². The Bertz CT molecular complexity index is 674. The minimum atomic E-state index is 0.00738. The summed E-state index contributed by atoms with van der Waals surface area (Å²) < 4.78 is 0. The minimum Gasteiger partial charge on any atom is -0.368 e. The van der Waals surface area contributed by atoms with Crippen LogP contribution in [0.2, 0.25) is 0 Å². The first kappa shape index (κ1) is 16.3.